The van der Waals surface area contributed by atoms with Gasteiger partial charge in [-0.3, -0.25) is 0 Å². The van der Waals surface area contributed by atoms with Gasteiger partial charge < -0.3 is 5.73 Å². The van der Waals surface area contributed by atoms with Crippen molar-refractivity contribution in [2.45, 2.75) is 26.3 Å². The number of aryl methyl sites for hydroxylation is 1. The van der Waals surface area contributed by atoms with Gasteiger partial charge in [0.1, 0.15) is 0 Å². The maximum Gasteiger partial charge on any atom is 0.00896 e. The van der Waals surface area contributed by atoms with Gasteiger partial charge in [0.2, 0.25) is 0 Å². The fourth-order valence-corrected chi connectivity index (χ4v) is 1.96. The summed E-state index contributed by atoms with van der Waals surface area (Å²) in [6.45, 7) is 4.17. The molecule has 0 fully saturated rings. The molecule has 0 aromatic carbocycles. The van der Waals surface area contributed by atoms with Crippen molar-refractivity contribution in [3.63, 3.8) is 0 Å². The van der Waals surface area contributed by atoms with Gasteiger partial charge in [-0.25, -0.2) is 0 Å². The second kappa shape index (κ2) is 3.17. The summed E-state index contributed by atoms with van der Waals surface area (Å²) < 4.78 is 0. The highest BCUT2D eigenvalue weighted by Gasteiger charge is 2.01. The highest BCUT2D eigenvalue weighted by molar-refractivity contribution is 7.10. The summed E-state index contributed by atoms with van der Waals surface area (Å²) in [7, 11) is 0. The minimum Gasteiger partial charge on any atom is -0.328 e. The van der Waals surface area contributed by atoms with Crippen LogP contribution in [0, 0.1) is 6.92 Å². The maximum atomic E-state index is 5.66. The SMILES string of the molecule is Cc1ccsc1C[C@H](C)N. The third-order valence-corrected chi connectivity index (χ3v) is 2.52. The molecule has 0 spiro atoms. The molecule has 1 heterocycles. The Kier molecular flexibility index (Phi) is 2.46. The Hall–Kier alpha value is -0.340. The standard InChI is InChI=1S/C8H13NS/c1-6-3-4-10-8(6)5-7(2)9/h3-4,7H,5,9H2,1-2H3/t7-/m0/s1. The molecule has 10 heavy (non-hydrogen) atoms. The van der Waals surface area contributed by atoms with Crippen LogP contribution in [0.3, 0.4) is 0 Å². The molecule has 1 atom stereocenters. The van der Waals surface area contributed by atoms with Gasteiger partial charge in [0.15, 0.2) is 0 Å². The molecular weight excluding hydrogens is 142 g/mol. The predicted octanol–water partition coefficient (Wildman–Crippen LogP) is 1.95. The first-order valence-corrected chi connectivity index (χ1v) is 4.36. The molecule has 0 amide bonds. The number of hydrogen-bond acceptors (Lipinski definition) is 2. The number of nitrogens with two attached hydrogens (primary N) is 1. The van der Waals surface area contributed by atoms with Crippen LogP contribution in [0.5, 0.6) is 0 Å². The van der Waals surface area contributed by atoms with Gasteiger partial charge in [-0.05, 0) is 37.3 Å². The smallest absolute Gasteiger partial charge is 0.00896 e. The minimum absolute atomic E-state index is 0.289. The lowest BCUT2D eigenvalue weighted by molar-refractivity contribution is 0.744. The first-order valence-electron chi connectivity index (χ1n) is 3.48. The van der Waals surface area contributed by atoms with Crippen molar-refractivity contribution in [1.82, 2.24) is 0 Å². The van der Waals surface area contributed by atoms with Gasteiger partial charge in [0, 0.05) is 10.9 Å². The Balaban J connectivity index is 2.65. The van der Waals surface area contributed by atoms with Crippen LogP contribution >= 0.6 is 11.3 Å². The Bertz CT molecular complexity index is 203. The summed E-state index contributed by atoms with van der Waals surface area (Å²) in [6, 6.07) is 2.43. The Morgan fingerprint density at radius 1 is 1.70 bits per heavy atom. The van der Waals surface area contributed by atoms with E-state index in [1.807, 2.05) is 6.92 Å². The zero-order chi connectivity index (χ0) is 7.56. The molecule has 0 radical (unpaired) electrons. The maximum absolute atomic E-state index is 5.66. The first kappa shape index (κ1) is 7.76. The molecule has 56 valence electrons. The molecule has 0 bridgehead atoms. The lowest BCUT2D eigenvalue weighted by atomic mass is 10.2. The first-order chi connectivity index (χ1) is 4.70. The van der Waals surface area contributed by atoms with E-state index >= 15 is 0 Å². The molecule has 0 saturated heterocycles. The molecule has 0 aliphatic carbocycles. The fraction of sp³-hybridized carbons (Fsp3) is 0.500. The van der Waals surface area contributed by atoms with Crippen LogP contribution in [0.25, 0.3) is 0 Å². The van der Waals surface area contributed by atoms with E-state index in [4.69, 9.17) is 5.73 Å². The minimum atomic E-state index is 0.289. The van der Waals surface area contributed by atoms with Crippen LogP contribution < -0.4 is 5.73 Å². The Morgan fingerprint density at radius 3 is 2.80 bits per heavy atom. The molecule has 0 aliphatic rings. The summed E-state index contributed by atoms with van der Waals surface area (Å²) in [5.41, 5.74) is 7.04. The summed E-state index contributed by atoms with van der Waals surface area (Å²) >= 11 is 1.80. The Morgan fingerprint density at radius 2 is 2.40 bits per heavy atom. The van der Waals surface area contributed by atoms with Crippen LogP contribution in [0.15, 0.2) is 11.4 Å². The van der Waals surface area contributed by atoms with Crippen molar-refractivity contribution in [2.75, 3.05) is 0 Å². The van der Waals surface area contributed by atoms with Crippen molar-refractivity contribution >= 4 is 11.3 Å². The van der Waals surface area contributed by atoms with Crippen molar-refractivity contribution < 1.29 is 0 Å². The molecule has 2 heteroatoms. The molecule has 1 aromatic rings. The van der Waals surface area contributed by atoms with Crippen molar-refractivity contribution in [3.05, 3.63) is 21.9 Å². The summed E-state index contributed by atoms with van der Waals surface area (Å²) in [5, 5.41) is 2.12. The molecule has 1 nitrogen and oxygen atoms in total. The summed E-state index contributed by atoms with van der Waals surface area (Å²) in [5.74, 6) is 0. The van der Waals surface area contributed by atoms with E-state index in [-0.39, 0.29) is 6.04 Å². The Labute approximate surface area is 65.9 Å². The van der Waals surface area contributed by atoms with Gasteiger partial charge >= 0.3 is 0 Å². The van der Waals surface area contributed by atoms with Crippen LogP contribution in [0.1, 0.15) is 17.4 Å². The van der Waals surface area contributed by atoms with Crippen LogP contribution in [-0.2, 0) is 6.42 Å². The van der Waals surface area contributed by atoms with E-state index in [0.29, 0.717) is 0 Å². The highest BCUT2D eigenvalue weighted by Crippen LogP contribution is 2.16. The summed E-state index contributed by atoms with van der Waals surface area (Å²) in [4.78, 5) is 1.43. The highest BCUT2D eigenvalue weighted by atomic mass is 32.1. The zero-order valence-corrected chi connectivity index (χ0v) is 7.24. The third-order valence-electron chi connectivity index (χ3n) is 1.48. The number of thiophene rings is 1. The quantitative estimate of drug-likeness (QED) is 0.694. The van der Waals surface area contributed by atoms with E-state index in [9.17, 15) is 0 Å². The monoisotopic (exact) mass is 155 g/mol. The van der Waals surface area contributed by atoms with Crippen LogP contribution in [0.2, 0.25) is 0 Å². The van der Waals surface area contributed by atoms with Crippen molar-refractivity contribution in [2.24, 2.45) is 5.73 Å². The van der Waals surface area contributed by atoms with E-state index < -0.39 is 0 Å². The predicted molar refractivity (Wildman–Crippen MR) is 46.4 cm³/mol. The van der Waals surface area contributed by atoms with Crippen LogP contribution in [0.4, 0.5) is 0 Å². The molecule has 1 aromatic heterocycles. The van der Waals surface area contributed by atoms with Gasteiger partial charge in [0.05, 0.1) is 0 Å². The molecular formula is C8H13NS. The molecule has 1 rings (SSSR count). The number of rotatable bonds is 2. The van der Waals surface area contributed by atoms with E-state index in [1.165, 1.54) is 10.4 Å². The molecule has 0 unspecified atom stereocenters. The normalized spacial score (nSPS) is 13.5. The lowest BCUT2D eigenvalue weighted by Crippen LogP contribution is -2.17. The van der Waals surface area contributed by atoms with E-state index in [1.54, 1.807) is 11.3 Å². The average molecular weight is 155 g/mol. The fourth-order valence-electron chi connectivity index (χ4n) is 0.906. The van der Waals surface area contributed by atoms with Gasteiger partial charge in [-0.1, -0.05) is 0 Å². The summed E-state index contributed by atoms with van der Waals surface area (Å²) in [6.07, 6.45) is 1.02. The van der Waals surface area contributed by atoms with E-state index in [0.717, 1.165) is 6.42 Å². The molecule has 0 saturated carbocycles. The largest absolute Gasteiger partial charge is 0.328 e. The zero-order valence-electron chi connectivity index (χ0n) is 6.42. The van der Waals surface area contributed by atoms with E-state index in [2.05, 4.69) is 18.4 Å². The second-order valence-corrected chi connectivity index (χ2v) is 3.71. The van der Waals surface area contributed by atoms with Gasteiger partial charge in [0.25, 0.3) is 0 Å². The van der Waals surface area contributed by atoms with Crippen LogP contribution in [-0.4, -0.2) is 6.04 Å². The van der Waals surface area contributed by atoms with Gasteiger partial charge in [-0.15, -0.1) is 11.3 Å². The topological polar surface area (TPSA) is 26.0 Å². The molecule has 2 N–H and O–H groups in total. The van der Waals surface area contributed by atoms with Crippen molar-refractivity contribution in [3.8, 4) is 0 Å². The second-order valence-electron chi connectivity index (χ2n) is 2.71. The third kappa shape index (κ3) is 1.82. The average Bonchev–Trinajstić information content (AvgIpc) is 2.15. The van der Waals surface area contributed by atoms with Crippen molar-refractivity contribution in [1.29, 1.82) is 0 Å². The molecule has 0 aliphatic heterocycles. The lowest BCUT2D eigenvalue weighted by Gasteiger charge is -2.02. The number of hydrogen-bond donors (Lipinski definition) is 1. The van der Waals surface area contributed by atoms with Gasteiger partial charge in [-0.2, -0.15) is 0 Å².